The molecule has 2 heterocycles. The third-order valence-electron chi connectivity index (χ3n) is 5.51. The number of carbonyl (C=O) groups excluding carboxylic acids is 1. The number of hydrogen-bond donors (Lipinski definition) is 1. The first-order valence-electron chi connectivity index (χ1n) is 11.1. The van der Waals surface area contributed by atoms with Crippen LogP contribution in [-0.4, -0.2) is 39.4 Å². The minimum absolute atomic E-state index is 0.0522. The average molecular weight is 482 g/mol. The maximum Gasteiger partial charge on any atom is 0.239 e. The molecule has 0 radical (unpaired) electrons. The van der Waals surface area contributed by atoms with Gasteiger partial charge in [0.05, 0.1) is 24.3 Å². The topological polar surface area (TPSA) is 80.9 Å². The highest BCUT2D eigenvalue weighted by molar-refractivity contribution is 8.15. The van der Waals surface area contributed by atoms with Crippen LogP contribution in [0.25, 0.3) is 16.9 Å². The summed E-state index contributed by atoms with van der Waals surface area (Å²) in [6.45, 7) is 0. The summed E-state index contributed by atoms with van der Waals surface area (Å²) in [6.07, 6.45) is 4.22. The van der Waals surface area contributed by atoms with E-state index in [1.807, 2.05) is 95.8 Å². The molecule has 174 valence electrons. The van der Waals surface area contributed by atoms with Crippen molar-refractivity contribution in [3.05, 3.63) is 102 Å². The molecular weight excluding hydrogens is 458 g/mol. The Morgan fingerprint density at radius 2 is 1.74 bits per heavy atom. The van der Waals surface area contributed by atoms with E-state index >= 15 is 0 Å². The van der Waals surface area contributed by atoms with Crippen LogP contribution in [0.2, 0.25) is 0 Å². The van der Waals surface area contributed by atoms with E-state index in [0.717, 1.165) is 33.8 Å². The summed E-state index contributed by atoms with van der Waals surface area (Å²) in [5, 5.41) is 16.4. The number of thioether (sulfide) groups is 1. The number of para-hydroxylation sites is 1. The third-order valence-corrected chi connectivity index (χ3v) is 6.58. The van der Waals surface area contributed by atoms with Gasteiger partial charge in [-0.25, -0.2) is 4.68 Å². The van der Waals surface area contributed by atoms with Crippen LogP contribution in [0.5, 0.6) is 5.75 Å². The molecule has 1 aromatic heterocycles. The molecule has 0 aliphatic carbocycles. The largest absolute Gasteiger partial charge is 0.497 e. The number of rotatable bonds is 7. The average Bonchev–Trinajstić information content (AvgIpc) is 3.48. The summed E-state index contributed by atoms with van der Waals surface area (Å²) in [5.41, 5.74) is 4.56. The number of ether oxygens (including phenoxy) is 1. The normalized spacial score (nSPS) is 16.7. The van der Waals surface area contributed by atoms with Crippen molar-refractivity contribution >= 4 is 29.1 Å². The molecule has 1 aliphatic heterocycles. The minimum atomic E-state index is -0.220. The van der Waals surface area contributed by atoms with Crippen LogP contribution >= 0.6 is 11.8 Å². The van der Waals surface area contributed by atoms with Gasteiger partial charge in [-0.15, -0.1) is 5.10 Å². The maximum absolute atomic E-state index is 12.4. The molecule has 1 aliphatic rings. The molecule has 1 unspecified atom stereocenters. The van der Waals surface area contributed by atoms with Gasteiger partial charge < -0.3 is 10.1 Å². The lowest BCUT2D eigenvalue weighted by molar-refractivity contribution is -0.118. The van der Waals surface area contributed by atoms with Gasteiger partial charge in [0.25, 0.3) is 0 Å². The zero-order chi connectivity index (χ0) is 24.0. The molecular formula is C27H23N5O2S. The van der Waals surface area contributed by atoms with E-state index in [2.05, 4.69) is 15.5 Å². The van der Waals surface area contributed by atoms with E-state index in [1.165, 1.54) is 11.8 Å². The molecule has 8 heteroatoms. The van der Waals surface area contributed by atoms with Gasteiger partial charge >= 0.3 is 0 Å². The smallest absolute Gasteiger partial charge is 0.239 e. The second-order valence-corrected chi connectivity index (χ2v) is 9.07. The molecule has 1 N–H and O–H groups in total. The zero-order valence-electron chi connectivity index (χ0n) is 19.0. The highest BCUT2D eigenvalue weighted by atomic mass is 32.2. The van der Waals surface area contributed by atoms with E-state index in [9.17, 15) is 4.79 Å². The molecule has 0 bridgehead atoms. The van der Waals surface area contributed by atoms with Crippen molar-refractivity contribution in [1.29, 1.82) is 0 Å². The van der Waals surface area contributed by atoms with Crippen LogP contribution in [-0.2, 0) is 11.2 Å². The molecule has 3 aromatic carbocycles. The number of hydrogen-bond acceptors (Lipinski definition) is 6. The molecule has 0 saturated carbocycles. The quantitative estimate of drug-likeness (QED) is 0.306. The summed E-state index contributed by atoms with van der Waals surface area (Å²) >= 11 is 1.40. The fourth-order valence-corrected chi connectivity index (χ4v) is 4.69. The standard InChI is InChI=1S/C27H23N5O2S/c1-34-23-14-12-20(13-15-23)25-21(18-32(31-25)22-10-6-3-7-11-22)17-28-30-27-29-26(33)24(35-27)16-19-8-4-2-5-9-19/h2-15,17-18,24H,16H2,1H3,(H,29,30,33). The molecule has 5 rings (SSSR count). The third kappa shape index (κ3) is 5.33. The van der Waals surface area contributed by atoms with Crippen molar-refractivity contribution in [1.82, 2.24) is 15.1 Å². The van der Waals surface area contributed by atoms with Gasteiger partial charge in [-0.05, 0) is 48.4 Å². The summed E-state index contributed by atoms with van der Waals surface area (Å²) in [5.74, 6) is 0.723. The van der Waals surface area contributed by atoms with Gasteiger partial charge in [-0.2, -0.15) is 10.2 Å². The van der Waals surface area contributed by atoms with Crippen molar-refractivity contribution in [3.63, 3.8) is 0 Å². The van der Waals surface area contributed by atoms with Gasteiger partial charge in [0.1, 0.15) is 11.4 Å². The lowest BCUT2D eigenvalue weighted by atomic mass is 10.1. The number of amidine groups is 1. The first kappa shape index (κ1) is 22.6. The Kier molecular flexibility index (Phi) is 6.72. The van der Waals surface area contributed by atoms with Gasteiger partial charge in [0.2, 0.25) is 5.91 Å². The van der Waals surface area contributed by atoms with Gasteiger partial charge in [0, 0.05) is 17.3 Å². The number of nitrogens with zero attached hydrogens (tertiary/aromatic N) is 4. The SMILES string of the molecule is COc1ccc(-c2nn(-c3ccccc3)cc2C=N/N=C2/NC(=O)C(Cc3ccccc3)S2)cc1. The molecule has 35 heavy (non-hydrogen) atoms. The van der Waals surface area contributed by atoms with Gasteiger partial charge in [-0.1, -0.05) is 60.3 Å². The molecule has 0 spiro atoms. The number of aromatic nitrogens is 2. The van der Waals surface area contributed by atoms with Crippen LogP contribution in [0.15, 0.2) is 101 Å². The molecule has 1 fully saturated rings. The number of methoxy groups -OCH3 is 1. The van der Waals surface area contributed by atoms with Crippen LogP contribution < -0.4 is 10.1 Å². The number of carbonyl (C=O) groups is 1. The Morgan fingerprint density at radius 3 is 2.46 bits per heavy atom. The molecule has 1 amide bonds. The molecule has 1 atom stereocenters. The maximum atomic E-state index is 12.4. The predicted molar refractivity (Wildman–Crippen MR) is 140 cm³/mol. The summed E-state index contributed by atoms with van der Waals surface area (Å²) in [7, 11) is 1.64. The fourth-order valence-electron chi connectivity index (χ4n) is 3.73. The minimum Gasteiger partial charge on any atom is -0.497 e. The van der Waals surface area contributed by atoms with Gasteiger partial charge in [-0.3, -0.25) is 4.79 Å². The van der Waals surface area contributed by atoms with E-state index in [4.69, 9.17) is 9.84 Å². The first-order valence-corrected chi connectivity index (χ1v) is 12.0. The Morgan fingerprint density at radius 1 is 1.03 bits per heavy atom. The van der Waals surface area contributed by atoms with Crippen LogP contribution in [0.3, 0.4) is 0 Å². The summed E-state index contributed by atoms with van der Waals surface area (Å²) in [6, 6.07) is 27.6. The number of amides is 1. The second kappa shape index (κ2) is 10.4. The Hall–Kier alpha value is -4.17. The Bertz CT molecular complexity index is 1370. The highest BCUT2D eigenvalue weighted by Gasteiger charge is 2.30. The predicted octanol–water partition coefficient (Wildman–Crippen LogP) is 4.71. The van der Waals surface area contributed by atoms with E-state index in [-0.39, 0.29) is 11.2 Å². The van der Waals surface area contributed by atoms with Crippen LogP contribution in [0.4, 0.5) is 0 Å². The van der Waals surface area contributed by atoms with Gasteiger partial charge in [0.15, 0.2) is 5.17 Å². The van der Waals surface area contributed by atoms with Crippen molar-refractivity contribution in [2.24, 2.45) is 10.2 Å². The van der Waals surface area contributed by atoms with E-state index in [1.54, 1.807) is 13.3 Å². The van der Waals surface area contributed by atoms with Crippen molar-refractivity contribution < 1.29 is 9.53 Å². The second-order valence-electron chi connectivity index (χ2n) is 7.88. The van der Waals surface area contributed by atoms with Crippen LogP contribution in [0.1, 0.15) is 11.1 Å². The Labute approximate surface area is 207 Å². The summed E-state index contributed by atoms with van der Waals surface area (Å²) in [4.78, 5) is 12.4. The molecule has 7 nitrogen and oxygen atoms in total. The lowest BCUT2D eigenvalue weighted by Gasteiger charge is -2.04. The summed E-state index contributed by atoms with van der Waals surface area (Å²) < 4.78 is 7.10. The van der Waals surface area contributed by atoms with Crippen molar-refractivity contribution in [3.8, 4) is 22.7 Å². The van der Waals surface area contributed by atoms with E-state index in [0.29, 0.717) is 11.6 Å². The number of benzene rings is 3. The van der Waals surface area contributed by atoms with Crippen molar-refractivity contribution in [2.75, 3.05) is 7.11 Å². The van der Waals surface area contributed by atoms with Crippen molar-refractivity contribution in [2.45, 2.75) is 11.7 Å². The fraction of sp³-hybridized carbons (Fsp3) is 0.111. The van der Waals surface area contributed by atoms with E-state index < -0.39 is 0 Å². The first-order chi connectivity index (χ1) is 17.2. The Balaban J connectivity index is 1.38. The zero-order valence-corrected chi connectivity index (χ0v) is 19.9. The molecule has 4 aromatic rings. The molecule has 1 saturated heterocycles. The monoisotopic (exact) mass is 481 g/mol. The van der Waals surface area contributed by atoms with Crippen LogP contribution in [0, 0.1) is 0 Å². The lowest BCUT2D eigenvalue weighted by Crippen LogP contribution is -2.25. The number of nitrogens with one attached hydrogen (secondary N) is 1. The highest BCUT2D eigenvalue weighted by Crippen LogP contribution is 2.26.